The Morgan fingerprint density at radius 2 is 2.09 bits per heavy atom. The SMILES string of the molecule is Cc1n[nH]c(Cl)c1NC(=O)c1cc(F)c(NC(=O)N2CCCC2CO)cc1OC(C)C(F)(F)F. The fourth-order valence-electron chi connectivity index (χ4n) is 3.39. The molecule has 0 saturated carbocycles. The van der Waals surface area contributed by atoms with Crippen molar-refractivity contribution in [2.45, 2.75) is 45.0 Å². The van der Waals surface area contributed by atoms with Crippen LogP contribution >= 0.6 is 11.6 Å². The van der Waals surface area contributed by atoms with Gasteiger partial charge in [-0.3, -0.25) is 9.89 Å². The highest BCUT2D eigenvalue weighted by Crippen LogP contribution is 2.33. The van der Waals surface area contributed by atoms with Crippen LogP contribution in [0, 0.1) is 12.7 Å². The average Bonchev–Trinajstić information content (AvgIpc) is 3.37. The van der Waals surface area contributed by atoms with E-state index in [1.807, 2.05) is 0 Å². The van der Waals surface area contributed by atoms with E-state index in [4.69, 9.17) is 16.3 Å². The zero-order valence-electron chi connectivity index (χ0n) is 18.1. The normalized spacial score (nSPS) is 16.9. The fourth-order valence-corrected chi connectivity index (χ4v) is 3.62. The van der Waals surface area contributed by atoms with E-state index in [1.165, 1.54) is 11.8 Å². The van der Waals surface area contributed by atoms with Gasteiger partial charge >= 0.3 is 12.2 Å². The Labute approximate surface area is 196 Å². The first-order chi connectivity index (χ1) is 15.9. The number of nitrogens with one attached hydrogen (secondary N) is 3. The van der Waals surface area contributed by atoms with E-state index in [0.29, 0.717) is 25.5 Å². The van der Waals surface area contributed by atoms with Gasteiger partial charge in [-0.25, -0.2) is 9.18 Å². The number of carbonyl (C=O) groups excluding carboxylic acids is 2. The van der Waals surface area contributed by atoms with Crippen LogP contribution in [0.25, 0.3) is 0 Å². The molecular formula is C20H22ClF4N5O4. The molecule has 1 fully saturated rings. The van der Waals surface area contributed by atoms with Crippen LogP contribution in [0.15, 0.2) is 12.1 Å². The van der Waals surface area contributed by atoms with Gasteiger partial charge in [-0.1, -0.05) is 11.6 Å². The molecule has 0 bridgehead atoms. The van der Waals surface area contributed by atoms with Crippen molar-refractivity contribution >= 4 is 34.9 Å². The summed E-state index contributed by atoms with van der Waals surface area (Å²) < 4.78 is 59.2. The van der Waals surface area contributed by atoms with Gasteiger partial charge in [-0.15, -0.1) is 0 Å². The molecule has 0 radical (unpaired) electrons. The maximum absolute atomic E-state index is 14.8. The lowest BCUT2D eigenvalue weighted by Crippen LogP contribution is -2.40. The molecule has 1 aromatic heterocycles. The highest BCUT2D eigenvalue weighted by Gasteiger charge is 2.39. The maximum atomic E-state index is 14.8. The smallest absolute Gasteiger partial charge is 0.425 e. The zero-order valence-corrected chi connectivity index (χ0v) is 18.8. The number of hydrogen-bond donors (Lipinski definition) is 4. The van der Waals surface area contributed by atoms with Gasteiger partial charge < -0.3 is 25.4 Å². The largest absolute Gasteiger partial charge is 0.480 e. The molecule has 9 nitrogen and oxygen atoms in total. The number of aromatic amines is 1. The molecule has 0 aliphatic carbocycles. The molecule has 4 N–H and O–H groups in total. The quantitative estimate of drug-likeness (QED) is 0.439. The van der Waals surface area contributed by atoms with E-state index in [-0.39, 0.29) is 23.1 Å². The molecule has 3 rings (SSSR count). The number of carbonyl (C=O) groups is 2. The van der Waals surface area contributed by atoms with E-state index in [1.54, 1.807) is 0 Å². The number of ether oxygens (including phenoxy) is 1. The van der Waals surface area contributed by atoms with Gasteiger partial charge in [0.2, 0.25) is 0 Å². The zero-order chi connectivity index (χ0) is 25.2. The van der Waals surface area contributed by atoms with Crippen LogP contribution in [0.1, 0.15) is 35.8 Å². The van der Waals surface area contributed by atoms with Crippen LogP contribution < -0.4 is 15.4 Å². The van der Waals surface area contributed by atoms with Crippen molar-refractivity contribution in [1.29, 1.82) is 0 Å². The lowest BCUT2D eigenvalue weighted by Gasteiger charge is -2.24. The number of hydrogen-bond acceptors (Lipinski definition) is 5. The molecule has 14 heteroatoms. The van der Waals surface area contributed by atoms with Crippen LogP contribution in [-0.4, -0.2) is 63.6 Å². The molecule has 2 atom stereocenters. The van der Waals surface area contributed by atoms with E-state index in [0.717, 1.165) is 13.0 Å². The number of amides is 3. The molecule has 2 unspecified atom stereocenters. The molecular weight excluding hydrogens is 486 g/mol. The lowest BCUT2D eigenvalue weighted by atomic mass is 10.1. The van der Waals surface area contributed by atoms with Gasteiger partial charge in [-0.05, 0) is 32.8 Å². The lowest BCUT2D eigenvalue weighted by molar-refractivity contribution is -0.189. The molecule has 1 aliphatic heterocycles. The number of likely N-dealkylation sites (tertiary alicyclic amines) is 1. The molecule has 1 saturated heterocycles. The summed E-state index contributed by atoms with van der Waals surface area (Å²) in [5.41, 5.74) is -0.703. The van der Waals surface area contributed by atoms with E-state index >= 15 is 0 Å². The minimum Gasteiger partial charge on any atom is -0.480 e. The van der Waals surface area contributed by atoms with Crippen LogP contribution in [0.3, 0.4) is 0 Å². The number of aliphatic hydroxyl groups is 1. The predicted molar refractivity (Wildman–Crippen MR) is 115 cm³/mol. The van der Waals surface area contributed by atoms with Crippen molar-refractivity contribution < 1.29 is 37.0 Å². The summed E-state index contributed by atoms with van der Waals surface area (Å²) in [6, 6.07) is 0.249. The number of anilines is 2. The van der Waals surface area contributed by atoms with Gasteiger partial charge in [0.25, 0.3) is 5.91 Å². The highest BCUT2D eigenvalue weighted by atomic mass is 35.5. The summed E-state index contributed by atoms with van der Waals surface area (Å²) in [5, 5.41) is 20.2. The van der Waals surface area contributed by atoms with Crippen LogP contribution in [0.5, 0.6) is 5.75 Å². The number of alkyl halides is 3. The average molecular weight is 508 g/mol. The fraction of sp³-hybridized carbons (Fsp3) is 0.450. The number of rotatable bonds is 6. The predicted octanol–water partition coefficient (Wildman–Crippen LogP) is 4.08. The van der Waals surface area contributed by atoms with E-state index in [9.17, 15) is 32.3 Å². The van der Waals surface area contributed by atoms with Crippen molar-refractivity contribution in [3.8, 4) is 5.75 Å². The summed E-state index contributed by atoms with van der Waals surface area (Å²) in [7, 11) is 0. The van der Waals surface area contributed by atoms with Crippen molar-refractivity contribution in [1.82, 2.24) is 15.1 Å². The molecule has 34 heavy (non-hydrogen) atoms. The van der Waals surface area contributed by atoms with Gasteiger partial charge in [0, 0.05) is 12.6 Å². The number of nitrogens with zero attached hydrogens (tertiary/aromatic N) is 2. The van der Waals surface area contributed by atoms with Gasteiger partial charge in [0.05, 0.1) is 29.6 Å². The van der Waals surface area contributed by atoms with Crippen molar-refractivity contribution in [3.63, 3.8) is 0 Å². The number of benzene rings is 1. The molecule has 1 aromatic carbocycles. The van der Waals surface area contributed by atoms with Crippen molar-refractivity contribution in [2.24, 2.45) is 0 Å². The minimum absolute atomic E-state index is 0.0367. The van der Waals surface area contributed by atoms with Crippen molar-refractivity contribution in [2.75, 3.05) is 23.8 Å². The van der Waals surface area contributed by atoms with Gasteiger partial charge in [0.1, 0.15) is 22.4 Å². The van der Waals surface area contributed by atoms with Crippen LogP contribution in [0.2, 0.25) is 5.15 Å². The highest BCUT2D eigenvalue weighted by molar-refractivity contribution is 6.33. The number of H-pyrrole nitrogens is 1. The summed E-state index contributed by atoms with van der Waals surface area (Å²) in [6.45, 7) is 2.26. The van der Waals surface area contributed by atoms with Gasteiger partial charge in [-0.2, -0.15) is 18.3 Å². The Hall–Kier alpha value is -3.06. The van der Waals surface area contributed by atoms with Crippen LogP contribution in [-0.2, 0) is 0 Å². The number of aliphatic hydroxyl groups excluding tert-OH is 1. The molecule has 2 aromatic rings. The second-order valence-electron chi connectivity index (χ2n) is 7.68. The third kappa shape index (κ3) is 5.53. The van der Waals surface area contributed by atoms with Crippen LogP contribution in [0.4, 0.5) is 33.7 Å². The Morgan fingerprint density at radius 3 is 2.68 bits per heavy atom. The number of halogens is 5. The topological polar surface area (TPSA) is 120 Å². The summed E-state index contributed by atoms with van der Waals surface area (Å²) in [6.07, 6.45) is -5.93. The van der Waals surface area contributed by atoms with Crippen molar-refractivity contribution in [3.05, 3.63) is 34.4 Å². The summed E-state index contributed by atoms with van der Waals surface area (Å²) >= 11 is 5.90. The molecule has 0 spiro atoms. The molecule has 1 aliphatic rings. The molecule has 2 heterocycles. The third-order valence-corrected chi connectivity index (χ3v) is 5.58. The minimum atomic E-state index is -4.78. The standard InChI is InChI=1S/C20H22ClF4N5O4/c1-9-16(17(21)29-28-9)27-18(32)12-6-13(22)14(7-15(12)34-10(2)20(23,24)25)26-19(33)30-5-3-4-11(30)8-31/h6-7,10-11,31H,3-5,8H2,1-2H3,(H,26,33)(H,27,32)(H,28,29). The van der Waals surface area contributed by atoms with E-state index < -0.39 is 53.1 Å². The maximum Gasteiger partial charge on any atom is 0.425 e. The Kier molecular flexibility index (Phi) is 7.56. The first-order valence-corrected chi connectivity index (χ1v) is 10.6. The summed E-state index contributed by atoms with van der Waals surface area (Å²) in [4.78, 5) is 26.6. The first kappa shape index (κ1) is 25.6. The van der Waals surface area contributed by atoms with E-state index in [2.05, 4.69) is 20.8 Å². The second kappa shape index (κ2) is 10.1. The Bertz CT molecular complexity index is 1060. The third-order valence-electron chi connectivity index (χ3n) is 5.31. The summed E-state index contributed by atoms with van der Waals surface area (Å²) in [5.74, 6) is -2.70. The molecule has 186 valence electrons. The Balaban J connectivity index is 1.94. The Morgan fingerprint density at radius 1 is 1.38 bits per heavy atom. The number of aromatic nitrogens is 2. The first-order valence-electron chi connectivity index (χ1n) is 10.2. The monoisotopic (exact) mass is 507 g/mol. The number of urea groups is 1. The molecule has 3 amide bonds. The number of aryl methyl sites for hydroxylation is 1. The van der Waals surface area contributed by atoms with Gasteiger partial charge in [0.15, 0.2) is 6.10 Å². The second-order valence-corrected chi connectivity index (χ2v) is 8.06.